The summed E-state index contributed by atoms with van der Waals surface area (Å²) in [5.41, 5.74) is 0. The number of sulfone groups is 1. The lowest BCUT2D eigenvalue weighted by Crippen LogP contribution is -2.47. The summed E-state index contributed by atoms with van der Waals surface area (Å²) in [6, 6.07) is 0.542. The van der Waals surface area contributed by atoms with Gasteiger partial charge in [0.25, 0.3) is 0 Å². The molecule has 5 heteroatoms. The van der Waals surface area contributed by atoms with E-state index in [1.165, 1.54) is 0 Å². The molecule has 2 aliphatic rings. The van der Waals surface area contributed by atoms with Crippen LogP contribution >= 0.6 is 0 Å². The maximum atomic E-state index is 11.3. The summed E-state index contributed by atoms with van der Waals surface area (Å²) in [6.07, 6.45) is 3.41. The second-order valence-electron chi connectivity index (χ2n) is 4.92. The Morgan fingerprint density at radius 3 is 2.69 bits per heavy atom. The van der Waals surface area contributed by atoms with Crippen molar-refractivity contribution in [2.45, 2.75) is 38.3 Å². The van der Waals surface area contributed by atoms with Gasteiger partial charge in [-0.25, -0.2) is 8.42 Å². The summed E-state index contributed by atoms with van der Waals surface area (Å²) >= 11 is 0. The van der Waals surface area contributed by atoms with Crippen LogP contribution in [-0.4, -0.2) is 45.2 Å². The number of hydrogen-bond donors (Lipinski definition) is 1. The topological polar surface area (TPSA) is 55.4 Å². The van der Waals surface area contributed by atoms with Crippen LogP contribution < -0.4 is 5.32 Å². The Kier molecular flexibility index (Phi) is 3.87. The third kappa shape index (κ3) is 3.18. The maximum Gasteiger partial charge on any atom is 0.150 e. The Bertz CT molecular complexity index is 322. The molecule has 0 bridgehead atoms. The van der Waals surface area contributed by atoms with Crippen LogP contribution in [0.15, 0.2) is 0 Å². The molecule has 1 saturated heterocycles. The van der Waals surface area contributed by atoms with E-state index in [-0.39, 0.29) is 0 Å². The Morgan fingerprint density at radius 1 is 1.38 bits per heavy atom. The summed E-state index contributed by atoms with van der Waals surface area (Å²) in [5.74, 6) is 1.09. The van der Waals surface area contributed by atoms with Crippen LogP contribution in [0.1, 0.15) is 26.2 Å². The van der Waals surface area contributed by atoms with E-state index in [9.17, 15) is 8.42 Å². The Morgan fingerprint density at radius 2 is 2.12 bits per heavy atom. The highest BCUT2D eigenvalue weighted by atomic mass is 32.2. The average molecular weight is 247 g/mol. The lowest BCUT2D eigenvalue weighted by Gasteiger charge is -2.36. The average Bonchev–Trinajstić information content (AvgIpc) is 2.49. The SMILES string of the molecule is CCOC1CC(NCC2CCS(=O)(=O)C2)C1. The highest BCUT2D eigenvalue weighted by Crippen LogP contribution is 2.24. The van der Waals surface area contributed by atoms with Crippen LogP contribution in [0.2, 0.25) is 0 Å². The minimum atomic E-state index is -2.72. The number of hydrogen-bond acceptors (Lipinski definition) is 4. The largest absolute Gasteiger partial charge is 0.378 e. The first-order valence-electron chi connectivity index (χ1n) is 6.14. The zero-order valence-electron chi connectivity index (χ0n) is 9.81. The van der Waals surface area contributed by atoms with Gasteiger partial charge in [-0.05, 0) is 38.6 Å². The van der Waals surface area contributed by atoms with Gasteiger partial charge in [-0.3, -0.25) is 0 Å². The molecular weight excluding hydrogens is 226 g/mol. The van der Waals surface area contributed by atoms with E-state index in [0.29, 0.717) is 29.6 Å². The van der Waals surface area contributed by atoms with E-state index >= 15 is 0 Å². The second kappa shape index (κ2) is 5.02. The minimum Gasteiger partial charge on any atom is -0.378 e. The van der Waals surface area contributed by atoms with Gasteiger partial charge in [0, 0.05) is 12.6 Å². The van der Waals surface area contributed by atoms with E-state index in [2.05, 4.69) is 5.32 Å². The van der Waals surface area contributed by atoms with E-state index in [0.717, 1.165) is 32.4 Å². The molecule has 1 N–H and O–H groups in total. The van der Waals surface area contributed by atoms with Gasteiger partial charge in [0.05, 0.1) is 17.6 Å². The van der Waals surface area contributed by atoms with Gasteiger partial charge in [0.1, 0.15) is 0 Å². The molecule has 0 spiro atoms. The van der Waals surface area contributed by atoms with Crippen molar-refractivity contribution in [1.82, 2.24) is 5.32 Å². The summed E-state index contributed by atoms with van der Waals surface area (Å²) in [4.78, 5) is 0. The van der Waals surface area contributed by atoms with Gasteiger partial charge in [-0.15, -0.1) is 0 Å². The van der Waals surface area contributed by atoms with Gasteiger partial charge in [-0.1, -0.05) is 0 Å². The standard InChI is InChI=1S/C11H21NO3S/c1-2-15-11-5-10(6-11)12-7-9-3-4-16(13,14)8-9/h9-12H,2-8H2,1H3. The Labute approximate surface area is 97.7 Å². The quantitative estimate of drug-likeness (QED) is 0.772. The number of rotatable bonds is 5. The molecule has 0 aromatic rings. The van der Waals surface area contributed by atoms with Crippen molar-refractivity contribution >= 4 is 9.84 Å². The third-order valence-electron chi connectivity index (χ3n) is 3.52. The molecular formula is C11H21NO3S. The molecule has 2 rings (SSSR count). The van der Waals surface area contributed by atoms with Gasteiger partial charge >= 0.3 is 0 Å². The fraction of sp³-hybridized carbons (Fsp3) is 1.00. The number of nitrogens with one attached hydrogen (secondary N) is 1. The molecule has 0 aromatic carbocycles. The van der Waals surface area contributed by atoms with E-state index in [1.807, 2.05) is 6.92 Å². The van der Waals surface area contributed by atoms with Crippen molar-refractivity contribution < 1.29 is 13.2 Å². The molecule has 0 radical (unpaired) electrons. The fourth-order valence-corrected chi connectivity index (χ4v) is 4.33. The Hall–Kier alpha value is -0.130. The molecule has 94 valence electrons. The van der Waals surface area contributed by atoms with Crippen LogP contribution in [0.5, 0.6) is 0 Å². The minimum absolute atomic E-state index is 0.330. The molecule has 1 saturated carbocycles. The first-order chi connectivity index (χ1) is 7.59. The molecule has 2 fully saturated rings. The molecule has 16 heavy (non-hydrogen) atoms. The highest BCUT2D eigenvalue weighted by Gasteiger charge is 2.32. The summed E-state index contributed by atoms with van der Waals surface area (Å²) in [6.45, 7) is 3.66. The second-order valence-corrected chi connectivity index (χ2v) is 7.15. The lowest BCUT2D eigenvalue weighted by atomic mass is 9.89. The van der Waals surface area contributed by atoms with E-state index in [4.69, 9.17) is 4.74 Å². The summed E-state index contributed by atoms with van der Waals surface area (Å²) < 4.78 is 28.0. The lowest BCUT2D eigenvalue weighted by molar-refractivity contribution is -0.0104. The summed E-state index contributed by atoms with van der Waals surface area (Å²) in [5, 5.41) is 3.44. The summed E-state index contributed by atoms with van der Waals surface area (Å²) in [7, 11) is -2.72. The highest BCUT2D eigenvalue weighted by molar-refractivity contribution is 7.91. The van der Waals surface area contributed by atoms with Gasteiger partial charge in [-0.2, -0.15) is 0 Å². The number of ether oxygens (including phenoxy) is 1. The van der Waals surface area contributed by atoms with Gasteiger partial charge in [0.15, 0.2) is 9.84 Å². The Balaban J connectivity index is 1.60. The molecule has 4 nitrogen and oxygen atoms in total. The molecule has 1 aliphatic carbocycles. The van der Waals surface area contributed by atoms with Crippen molar-refractivity contribution in [2.24, 2.45) is 5.92 Å². The van der Waals surface area contributed by atoms with Gasteiger partial charge in [0.2, 0.25) is 0 Å². The first kappa shape index (κ1) is 12.3. The van der Waals surface area contributed by atoms with Crippen molar-refractivity contribution in [3.8, 4) is 0 Å². The van der Waals surface area contributed by atoms with Crippen LogP contribution in [-0.2, 0) is 14.6 Å². The third-order valence-corrected chi connectivity index (χ3v) is 5.36. The van der Waals surface area contributed by atoms with Crippen molar-refractivity contribution in [1.29, 1.82) is 0 Å². The molecule has 1 unspecified atom stereocenters. The molecule has 0 amide bonds. The van der Waals surface area contributed by atoms with Crippen molar-refractivity contribution in [2.75, 3.05) is 24.7 Å². The molecule has 1 aliphatic heterocycles. The van der Waals surface area contributed by atoms with E-state index in [1.54, 1.807) is 0 Å². The predicted octanol–water partition coefficient (Wildman–Crippen LogP) is 0.578. The normalized spacial score (nSPS) is 37.2. The van der Waals surface area contributed by atoms with Gasteiger partial charge < -0.3 is 10.1 Å². The molecule has 1 atom stereocenters. The van der Waals surface area contributed by atoms with Crippen molar-refractivity contribution in [3.63, 3.8) is 0 Å². The predicted molar refractivity (Wildman–Crippen MR) is 63.2 cm³/mol. The van der Waals surface area contributed by atoms with E-state index < -0.39 is 9.84 Å². The fourth-order valence-electron chi connectivity index (χ4n) is 2.47. The van der Waals surface area contributed by atoms with Crippen LogP contribution in [0.4, 0.5) is 0 Å². The van der Waals surface area contributed by atoms with Crippen molar-refractivity contribution in [3.05, 3.63) is 0 Å². The van der Waals surface area contributed by atoms with Crippen LogP contribution in [0, 0.1) is 5.92 Å². The first-order valence-corrected chi connectivity index (χ1v) is 7.96. The zero-order chi connectivity index (χ0) is 11.6. The van der Waals surface area contributed by atoms with Crippen LogP contribution in [0.3, 0.4) is 0 Å². The molecule has 0 aromatic heterocycles. The maximum absolute atomic E-state index is 11.3. The smallest absolute Gasteiger partial charge is 0.150 e. The monoisotopic (exact) mass is 247 g/mol. The zero-order valence-corrected chi connectivity index (χ0v) is 10.6. The molecule has 1 heterocycles. The van der Waals surface area contributed by atoms with Crippen LogP contribution in [0.25, 0.3) is 0 Å².